The number of nitrogens with zero attached hydrogens (tertiary/aromatic N) is 1. The molecule has 18 heavy (non-hydrogen) atoms. The van der Waals surface area contributed by atoms with Gasteiger partial charge in [0, 0.05) is 11.8 Å². The van der Waals surface area contributed by atoms with Gasteiger partial charge in [-0.2, -0.15) is 0 Å². The van der Waals surface area contributed by atoms with Gasteiger partial charge in [-0.25, -0.2) is 4.98 Å². The van der Waals surface area contributed by atoms with Crippen molar-refractivity contribution in [3.05, 3.63) is 59.3 Å². The third-order valence-electron chi connectivity index (χ3n) is 2.85. The van der Waals surface area contributed by atoms with E-state index in [-0.39, 0.29) is 6.04 Å². The number of aromatic nitrogens is 1. The molecule has 2 rings (SSSR count). The van der Waals surface area contributed by atoms with Crippen molar-refractivity contribution >= 4 is 0 Å². The van der Waals surface area contributed by atoms with Gasteiger partial charge >= 0.3 is 0 Å². The Balaban J connectivity index is 2.26. The fourth-order valence-electron chi connectivity index (χ4n) is 1.89. The van der Waals surface area contributed by atoms with Gasteiger partial charge in [-0.05, 0) is 31.0 Å². The van der Waals surface area contributed by atoms with Gasteiger partial charge in [0.25, 0.3) is 0 Å². The summed E-state index contributed by atoms with van der Waals surface area (Å²) < 4.78 is 5.43. The van der Waals surface area contributed by atoms with Gasteiger partial charge in [0.1, 0.15) is 0 Å². The second-order valence-corrected chi connectivity index (χ2v) is 4.21. The van der Waals surface area contributed by atoms with Gasteiger partial charge in [-0.15, -0.1) is 0 Å². The lowest BCUT2D eigenvalue weighted by Crippen LogP contribution is -2.12. The van der Waals surface area contributed by atoms with Crippen molar-refractivity contribution in [2.75, 3.05) is 6.61 Å². The third-order valence-corrected chi connectivity index (χ3v) is 2.85. The summed E-state index contributed by atoms with van der Waals surface area (Å²) >= 11 is 0. The average molecular weight is 242 g/mol. The largest absolute Gasteiger partial charge is 0.478 e. The number of ether oxygens (including phenoxy) is 1. The van der Waals surface area contributed by atoms with E-state index in [0.29, 0.717) is 12.5 Å². The number of aryl methyl sites for hydroxylation is 1. The SMILES string of the molecule is CCOc1ncc(C(N)c2ccccc2)cc1C. The standard InChI is InChI=1S/C15H18N2O/c1-3-18-15-11(2)9-13(10-17-15)14(16)12-7-5-4-6-8-12/h4-10,14H,3,16H2,1-2H3. The van der Waals surface area contributed by atoms with E-state index >= 15 is 0 Å². The van der Waals surface area contributed by atoms with Crippen LogP contribution in [-0.4, -0.2) is 11.6 Å². The molecule has 2 aromatic rings. The lowest BCUT2D eigenvalue weighted by molar-refractivity contribution is 0.324. The highest BCUT2D eigenvalue weighted by molar-refractivity contribution is 5.35. The molecule has 94 valence electrons. The van der Waals surface area contributed by atoms with Gasteiger partial charge in [0.2, 0.25) is 5.88 Å². The zero-order chi connectivity index (χ0) is 13.0. The van der Waals surface area contributed by atoms with Crippen LogP contribution in [0.3, 0.4) is 0 Å². The molecular weight excluding hydrogens is 224 g/mol. The van der Waals surface area contributed by atoms with Gasteiger partial charge in [0.05, 0.1) is 12.6 Å². The average Bonchev–Trinajstić information content (AvgIpc) is 2.41. The first-order valence-corrected chi connectivity index (χ1v) is 6.12. The molecule has 2 N–H and O–H groups in total. The van der Waals surface area contributed by atoms with E-state index in [0.717, 1.165) is 16.7 Å². The van der Waals surface area contributed by atoms with Crippen molar-refractivity contribution in [1.29, 1.82) is 0 Å². The summed E-state index contributed by atoms with van der Waals surface area (Å²) in [5.41, 5.74) is 9.33. The molecular formula is C15H18N2O. The van der Waals surface area contributed by atoms with Gasteiger partial charge < -0.3 is 10.5 Å². The summed E-state index contributed by atoms with van der Waals surface area (Å²) in [4.78, 5) is 4.31. The van der Waals surface area contributed by atoms with E-state index < -0.39 is 0 Å². The molecule has 0 radical (unpaired) electrons. The predicted molar refractivity (Wildman–Crippen MR) is 72.6 cm³/mol. The molecule has 0 saturated carbocycles. The van der Waals surface area contributed by atoms with Crippen molar-refractivity contribution in [2.45, 2.75) is 19.9 Å². The number of rotatable bonds is 4. The molecule has 0 aliphatic carbocycles. The number of nitrogens with two attached hydrogens (primary N) is 1. The first-order valence-electron chi connectivity index (χ1n) is 6.12. The normalized spacial score (nSPS) is 12.2. The Morgan fingerprint density at radius 1 is 1.22 bits per heavy atom. The molecule has 0 fully saturated rings. The summed E-state index contributed by atoms with van der Waals surface area (Å²) in [5, 5.41) is 0. The van der Waals surface area contributed by atoms with Crippen LogP contribution in [0.1, 0.15) is 29.7 Å². The van der Waals surface area contributed by atoms with Crippen LogP contribution >= 0.6 is 0 Å². The van der Waals surface area contributed by atoms with Gasteiger partial charge in [-0.1, -0.05) is 30.3 Å². The molecule has 3 heteroatoms. The summed E-state index contributed by atoms with van der Waals surface area (Å²) in [7, 11) is 0. The molecule has 1 unspecified atom stereocenters. The van der Waals surface area contributed by atoms with E-state index in [1.807, 2.05) is 50.2 Å². The molecule has 1 aromatic heterocycles. The third kappa shape index (κ3) is 2.68. The summed E-state index contributed by atoms with van der Waals surface area (Å²) in [6.45, 7) is 4.56. The first-order chi connectivity index (χ1) is 8.72. The highest BCUT2D eigenvalue weighted by Crippen LogP contribution is 2.23. The fraction of sp³-hybridized carbons (Fsp3) is 0.267. The Morgan fingerprint density at radius 2 is 1.94 bits per heavy atom. The van der Waals surface area contributed by atoms with Gasteiger partial charge in [-0.3, -0.25) is 0 Å². The Labute approximate surface area is 108 Å². The summed E-state index contributed by atoms with van der Waals surface area (Å²) in [5.74, 6) is 0.682. The van der Waals surface area contributed by atoms with E-state index in [4.69, 9.17) is 10.5 Å². The van der Waals surface area contributed by atoms with Gasteiger partial charge in [0.15, 0.2) is 0 Å². The van der Waals surface area contributed by atoms with Crippen molar-refractivity contribution in [2.24, 2.45) is 5.73 Å². The molecule has 1 heterocycles. The Morgan fingerprint density at radius 3 is 2.56 bits per heavy atom. The second kappa shape index (κ2) is 5.65. The van der Waals surface area contributed by atoms with E-state index in [9.17, 15) is 0 Å². The summed E-state index contributed by atoms with van der Waals surface area (Å²) in [6.07, 6.45) is 1.79. The van der Waals surface area contributed by atoms with Crippen molar-refractivity contribution in [1.82, 2.24) is 4.98 Å². The molecule has 0 spiro atoms. The second-order valence-electron chi connectivity index (χ2n) is 4.21. The molecule has 1 atom stereocenters. The molecule has 0 amide bonds. The molecule has 0 aliphatic rings. The van der Waals surface area contributed by atoms with Crippen LogP contribution in [0.2, 0.25) is 0 Å². The van der Waals surface area contributed by atoms with Crippen molar-refractivity contribution in [3.63, 3.8) is 0 Å². The Hall–Kier alpha value is -1.87. The number of benzene rings is 1. The Kier molecular flexibility index (Phi) is 3.95. The molecule has 3 nitrogen and oxygen atoms in total. The van der Waals surface area contributed by atoms with Crippen LogP contribution in [0.5, 0.6) is 5.88 Å². The Bertz CT molecular complexity index is 511. The maximum absolute atomic E-state index is 6.23. The quantitative estimate of drug-likeness (QED) is 0.896. The van der Waals surface area contributed by atoms with Crippen molar-refractivity contribution < 1.29 is 4.74 Å². The van der Waals surface area contributed by atoms with E-state index in [1.54, 1.807) is 6.20 Å². The zero-order valence-electron chi connectivity index (χ0n) is 10.8. The van der Waals surface area contributed by atoms with Crippen LogP contribution in [0.4, 0.5) is 0 Å². The number of pyridine rings is 1. The van der Waals surface area contributed by atoms with E-state index in [2.05, 4.69) is 4.98 Å². The maximum Gasteiger partial charge on any atom is 0.216 e. The zero-order valence-corrected chi connectivity index (χ0v) is 10.8. The lowest BCUT2D eigenvalue weighted by atomic mass is 10.0. The van der Waals surface area contributed by atoms with Crippen LogP contribution < -0.4 is 10.5 Å². The number of hydrogen-bond acceptors (Lipinski definition) is 3. The minimum atomic E-state index is -0.145. The molecule has 0 saturated heterocycles. The molecule has 0 aliphatic heterocycles. The van der Waals surface area contributed by atoms with E-state index in [1.165, 1.54) is 0 Å². The lowest BCUT2D eigenvalue weighted by Gasteiger charge is -2.14. The minimum Gasteiger partial charge on any atom is -0.478 e. The fourth-order valence-corrected chi connectivity index (χ4v) is 1.89. The van der Waals surface area contributed by atoms with Crippen molar-refractivity contribution in [3.8, 4) is 5.88 Å². The molecule has 1 aromatic carbocycles. The molecule has 0 bridgehead atoms. The monoisotopic (exact) mass is 242 g/mol. The predicted octanol–water partition coefficient (Wildman–Crippen LogP) is 2.84. The minimum absolute atomic E-state index is 0.145. The van der Waals surface area contributed by atoms with Crippen LogP contribution in [0, 0.1) is 6.92 Å². The highest BCUT2D eigenvalue weighted by atomic mass is 16.5. The summed E-state index contributed by atoms with van der Waals surface area (Å²) in [6, 6.07) is 11.9. The van der Waals surface area contributed by atoms with Crippen LogP contribution in [-0.2, 0) is 0 Å². The number of hydrogen-bond donors (Lipinski definition) is 1. The van der Waals surface area contributed by atoms with Crippen LogP contribution in [0.15, 0.2) is 42.6 Å². The first kappa shape index (κ1) is 12.6. The highest BCUT2D eigenvalue weighted by Gasteiger charge is 2.11. The maximum atomic E-state index is 6.23. The van der Waals surface area contributed by atoms with Crippen LogP contribution in [0.25, 0.3) is 0 Å². The topological polar surface area (TPSA) is 48.1 Å². The smallest absolute Gasteiger partial charge is 0.216 e.